The van der Waals surface area contributed by atoms with E-state index in [9.17, 15) is 9.59 Å². The molecule has 2 aromatic carbocycles. The number of carbonyl (C=O) groups is 2. The molecule has 1 aromatic heterocycles. The van der Waals surface area contributed by atoms with E-state index in [2.05, 4.69) is 10.4 Å². The summed E-state index contributed by atoms with van der Waals surface area (Å²) in [5, 5.41) is 7.49. The zero-order chi connectivity index (χ0) is 21.0. The fourth-order valence-corrected chi connectivity index (χ4v) is 4.64. The summed E-state index contributed by atoms with van der Waals surface area (Å²) in [5.41, 5.74) is 3.24. The molecule has 1 N–H and O–H groups in total. The summed E-state index contributed by atoms with van der Waals surface area (Å²) in [6.45, 7) is 4.49. The van der Waals surface area contributed by atoms with Crippen LogP contribution in [-0.4, -0.2) is 35.2 Å². The first-order valence-corrected chi connectivity index (χ1v) is 9.95. The van der Waals surface area contributed by atoms with E-state index in [-0.39, 0.29) is 18.2 Å². The number of fused-ring (bicyclic) bond motifs is 4. The molecule has 2 amide bonds. The number of aromatic nitrogens is 2. The number of hydrogen-bond acceptors (Lipinski definition) is 4. The number of benzene rings is 2. The maximum Gasteiger partial charge on any atom is 0.242 e. The molecule has 7 heteroatoms. The summed E-state index contributed by atoms with van der Waals surface area (Å²) < 4.78 is 6.90. The molecular weight excluding hydrogens is 380 g/mol. The third-order valence-corrected chi connectivity index (χ3v) is 6.06. The van der Waals surface area contributed by atoms with Crippen molar-refractivity contribution in [3.05, 3.63) is 65.4 Å². The van der Waals surface area contributed by atoms with Crippen molar-refractivity contribution in [2.75, 3.05) is 23.9 Å². The Labute approximate surface area is 174 Å². The fourth-order valence-electron chi connectivity index (χ4n) is 4.64. The average Bonchev–Trinajstić information content (AvgIpc) is 3.26. The third kappa shape index (κ3) is 2.35. The maximum atomic E-state index is 13.7. The van der Waals surface area contributed by atoms with Gasteiger partial charge in [-0.3, -0.25) is 9.59 Å². The first-order valence-electron chi connectivity index (χ1n) is 9.95. The number of amides is 2. The van der Waals surface area contributed by atoms with Gasteiger partial charge in [0.15, 0.2) is 0 Å². The van der Waals surface area contributed by atoms with Gasteiger partial charge in [0, 0.05) is 24.2 Å². The molecule has 0 saturated heterocycles. The van der Waals surface area contributed by atoms with Crippen LogP contribution in [0.5, 0.6) is 5.75 Å². The number of methoxy groups -OCH3 is 1. The Morgan fingerprint density at radius 3 is 2.60 bits per heavy atom. The first kappa shape index (κ1) is 18.4. The van der Waals surface area contributed by atoms with Crippen molar-refractivity contribution >= 4 is 23.3 Å². The van der Waals surface area contributed by atoms with Gasteiger partial charge in [-0.1, -0.05) is 17.7 Å². The van der Waals surface area contributed by atoms with Crippen LogP contribution in [0.15, 0.2) is 48.7 Å². The van der Waals surface area contributed by atoms with Crippen molar-refractivity contribution in [3.8, 4) is 11.4 Å². The topological polar surface area (TPSA) is 76.5 Å². The summed E-state index contributed by atoms with van der Waals surface area (Å²) in [7, 11) is 1.61. The number of likely N-dealkylation sites (N-methyl/N-ethyl adjacent to an activating group) is 1. The van der Waals surface area contributed by atoms with E-state index in [0.717, 1.165) is 33.8 Å². The minimum absolute atomic E-state index is 0.0695. The number of ether oxygens (including phenoxy) is 1. The summed E-state index contributed by atoms with van der Waals surface area (Å²) in [6, 6.07) is 13.4. The smallest absolute Gasteiger partial charge is 0.242 e. The zero-order valence-corrected chi connectivity index (χ0v) is 17.1. The minimum atomic E-state index is -1.06. The lowest BCUT2D eigenvalue weighted by molar-refractivity contribution is -0.126. The number of nitrogens with one attached hydrogen (secondary N) is 1. The quantitative estimate of drug-likeness (QED) is 0.730. The van der Waals surface area contributed by atoms with Gasteiger partial charge in [0.05, 0.1) is 19.0 Å². The number of anilines is 2. The Kier molecular flexibility index (Phi) is 3.96. The lowest BCUT2D eigenvalue weighted by Gasteiger charge is -2.32. The SMILES string of the molecule is CCN1C(=O)[C@@]2(CC(=O)Nc3c2cnn3-c2ccc(OC)cc2)c2cc(C)ccc21. The number of hydrogen-bond donors (Lipinski definition) is 1. The van der Waals surface area contributed by atoms with Crippen LogP contribution in [0.2, 0.25) is 0 Å². The number of aryl methyl sites for hydroxylation is 1. The van der Waals surface area contributed by atoms with Crippen LogP contribution in [-0.2, 0) is 15.0 Å². The molecule has 0 saturated carbocycles. The fraction of sp³-hybridized carbons (Fsp3) is 0.261. The van der Waals surface area contributed by atoms with E-state index in [0.29, 0.717) is 12.4 Å². The van der Waals surface area contributed by atoms with Gasteiger partial charge in [-0.05, 0) is 49.7 Å². The van der Waals surface area contributed by atoms with Crippen molar-refractivity contribution in [1.82, 2.24) is 9.78 Å². The van der Waals surface area contributed by atoms with Crippen molar-refractivity contribution in [1.29, 1.82) is 0 Å². The monoisotopic (exact) mass is 402 g/mol. The molecular formula is C23H22N4O3. The van der Waals surface area contributed by atoms with E-state index in [1.165, 1.54) is 0 Å². The number of carbonyl (C=O) groups excluding carboxylic acids is 2. The van der Waals surface area contributed by atoms with Crippen LogP contribution in [0.25, 0.3) is 5.69 Å². The Balaban J connectivity index is 1.74. The van der Waals surface area contributed by atoms with Crippen LogP contribution in [0.1, 0.15) is 30.0 Å². The van der Waals surface area contributed by atoms with E-state index in [4.69, 9.17) is 4.74 Å². The van der Waals surface area contributed by atoms with Crippen LogP contribution in [0.3, 0.4) is 0 Å². The highest BCUT2D eigenvalue weighted by Gasteiger charge is 2.56. The third-order valence-electron chi connectivity index (χ3n) is 6.06. The highest BCUT2D eigenvalue weighted by Crippen LogP contribution is 2.52. The molecule has 30 heavy (non-hydrogen) atoms. The van der Waals surface area contributed by atoms with Crippen molar-refractivity contribution in [3.63, 3.8) is 0 Å². The van der Waals surface area contributed by atoms with Crippen LogP contribution in [0.4, 0.5) is 11.5 Å². The van der Waals surface area contributed by atoms with Crippen LogP contribution in [0, 0.1) is 6.92 Å². The molecule has 2 aliphatic rings. The Bertz CT molecular complexity index is 1180. The molecule has 3 heterocycles. The standard InChI is InChI=1S/C23H22N4O3/c1-4-26-19-10-5-14(2)11-17(19)23(22(26)29)12-20(28)25-21-18(23)13-24-27(21)15-6-8-16(30-3)9-7-15/h5-11,13H,4,12H2,1-3H3,(H,25,28)/t23-/m0/s1. The van der Waals surface area contributed by atoms with Gasteiger partial charge in [0.1, 0.15) is 17.0 Å². The second-order valence-corrected chi connectivity index (χ2v) is 7.72. The molecule has 1 atom stereocenters. The number of nitrogens with zero attached hydrogens (tertiary/aromatic N) is 3. The molecule has 7 nitrogen and oxygen atoms in total. The molecule has 0 aliphatic carbocycles. The molecule has 0 unspecified atom stereocenters. The van der Waals surface area contributed by atoms with Gasteiger partial charge < -0.3 is 15.0 Å². The van der Waals surface area contributed by atoms with Crippen molar-refractivity contribution < 1.29 is 14.3 Å². The van der Waals surface area contributed by atoms with Crippen LogP contribution < -0.4 is 15.0 Å². The zero-order valence-electron chi connectivity index (χ0n) is 17.1. The highest BCUT2D eigenvalue weighted by molar-refractivity contribution is 6.15. The van der Waals surface area contributed by atoms with Gasteiger partial charge in [-0.25, -0.2) is 4.68 Å². The van der Waals surface area contributed by atoms with Gasteiger partial charge >= 0.3 is 0 Å². The predicted molar refractivity (Wildman–Crippen MR) is 113 cm³/mol. The Morgan fingerprint density at radius 2 is 1.90 bits per heavy atom. The van der Waals surface area contributed by atoms with E-state index in [1.54, 1.807) is 22.9 Å². The largest absolute Gasteiger partial charge is 0.497 e. The normalized spacial score (nSPS) is 19.6. The second kappa shape index (κ2) is 6.45. The van der Waals surface area contributed by atoms with Gasteiger partial charge in [0.25, 0.3) is 0 Å². The highest BCUT2D eigenvalue weighted by atomic mass is 16.5. The van der Waals surface area contributed by atoms with Gasteiger partial charge in [-0.15, -0.1) is 0 Å². The van der Waals surface area contributed by atoms with Gasteiger partial charge in [-0.2, -0.15) is 5.10 Å². The number of rotatable bonds is 3. The summed E-state index contributed by atoms with van der Waals surface area (Å²) in [5.74, 6) is 0.997. The van der Waals surface area contributed by atoms with Gasteiger partial charge in [0.2, 0.25) is 11.8 Å². The van der Waals surface area contributed by atoms with E-state index in [1.807, 2.05) is 56.3 Å². The van der Waals surface area contributed by atoms with Crippen molar-refractivity contribution in [2.24, 2.45) is 0 Å². The molecule has 0 fully saturated rings. The van der Waals surface area contributed by atoms with Crippen LogP contribution >= 0.6 is 0 Å². The molecule has 2 aliphatic heterocycles. The minimum Gasteiger partial charge on any atom is -0.497 e. The summed E-state index contributed by atoms with van der Waals surface area (Å²) in [4.78, 5) is 28.3. The molecule has 3 aromatic rings. The molecule has 152 valence electrons. The Hall–Kier alpha value is -3.61. The molecule has 0 bridgehead atoms. The van der Waals surface area contributed by atoms with E-state index < -0.39 is 5.41 Å². The first-order chi connectivity index (χ1) is 14.5. The second-order valence-electron chi connectivity index (χ2n) is 7.72. The average molecular weight is 402 g/mol. The summed E-state index contributed by atoms with van der Waals surface area (Å²) in [6.07, 6.45) is 1.78. The lowest BCUT2D eigenvalue weighted by Crippen LogP contribution is -2.46. The lowest BCUT2D eigenvalue weighted by atomic mass is 9.71. The Morgan fingerprint density at radius 1 is 1.13 bits per heavy atom. The molecule has 5 rings (SSSR count). The van der Waals surface area contributed by atoms with E-state index >= 15 is 0 Å². The van der Waals surface area contributed by atoms with Crippen molar-refractivity contribution in [2.45, 2.75) is 25.7 Å². The summed E-state index contributed by atoms with van der Waals surface area (Å²) >= 11 is 0. The molecule has 1 spiro atoms. The molecule has 0 radical (unpaired) electrons. The maximum absolute atomic E-state index is 13.7. The predicted octanol–water partition coefficient (Wildman–Crippen LogP) is 3.18.